The molecule has 0 saturated heterocycles. The smallest absolute Gasteiger partial charge is 0.136 e. The van der Waals surface area contributed by atoms with E-state index in [0.717, 1.165) is 33.7 Å². The Hall–Kier alpha value is -3.07. The first-order chi connectivity index (χ1) is 10.9. The lowest BCUT2D eigenvalue weighted by molar-refractivity contribution is 0.484. The molecule has 2 aromatic heterocycles. The normalized spacial score (nSPS) is 10.7. The van der Waals surface area contributed by atoms with E-state index in [2.05, 4.69) is 9.97 Å². The van der Waals surface area contributed by atoms with E-state index < -0.39 is 0 Å². The van der Waals surface area contributed by atoms with E-state index in [0.29, 0.717) is 0 Å². The van der Waals surface area contributed by atoms with Gasteiger partial charge in [0.05, 0.1) is 11.2 Å². The molecule has 0 saturated carbocycles. The van der Waals surface area contributed by atoms with Gasteiger partial charge in [-0.05, 0) is 36.4 Å². The highest BCUT2D eigenvalue weighted by molar-refractivity contribution is 5.93. The largest absolute Gasteiger partial charge is 0.457 e. The molecule has 2 heterocycles. The van der Waals surface area contributed by atoms with Gasteiger partial charge in [0.2, 0.25) is 0 Å². The van der Waals surface area contributed by atoms with Crippen molar-refractivity contribution in [1.29, 1.82) is 0 Å². The van der Waals surface area contributed by atoms with Crippen molar-refractivity contribution in [3.8, 4) is 22.8 Å². The van der Waals surface area contributed by atoms with Crippen LogP contribution in [0.2, 0.25) is 0 Å². The number of hydrogen-bond acceptors (Lipinski definition) is 2. The first-order valence-electron chi connectivity index (χ1n) is 7.16. The van der Waals surface area contributed by atoms with Crippen LogP contribution in [-0.2, 0) is 0 Å². The summed E-state index contributed by atoms with van der Waals surface area (Å²) in [7, 11) is 0. The molecule has 0 aliphatic carbocycles. The van der Waals surface area contributed by atoms with Crippen LogP contribution in [0.25, 0.3) is 22.2 Å². The lowest BCUT2D eigenvalue weighted by atomic mass is 10.1. The van der Waals surface area contributed by atoms with Crippen molar-refractivity contribution in [2.24, 2.45) is 0 Å². The zero-order chi connectivity index (χ0) is 14.8. The second kappa shape index (κ2) is 5.37. The molecule has 22 heavy (non-hydrogen) atoms. The average molecular weight is 286 g/mol. The minimum Gasteiger partial charge on any atom is -0.457 e. The molecule has 0 atom stereocenters. The Morgan fingerprint density at radius 2 is 1.64 bits per heavy atom. The monoisotopic (exact) mass is 286 g/mol. The molecule has 0 bridgehead atoms. The van der Waals surface area contributed by atoms with Gasteiger partial charge in [-0.3, -0.25) is 4.98 Å². The fourth-order valence-electron chi connectivity index (χ4n) is 2.55. The molecule has 4 aromatic rings. The van der Waals surface area contributed by atoms with Crippen LogP contribution in [0.5, 0.6) is 11.5 Å². The van der Waals surface area contributed by atoms with Gasteiger partial charge in [0.15, 0.2) is 0 Å². The number of hydrogen-bond donors (Lipinski definition) is 1. The lowest BCUT2D eigenvalue weighted by Gasteiger charge is -2.11. The van der Waals surface area contributed by atoms with Gasteiger partial charge in [-0.2, -0.15) is 0 Å². The van der Waals surface area contributed by atoms with Crippen molar-refractivity contribution in [2.45, 2.75) is 0 Å². The molecule has 0 radical (unpaired) electrons. The standard InChI is InChI=1S/C19H14N2O/c1-2-6-15(7-3-1)22-17-9-5-4-8-16(17)19-18-14(10-12-20-18)11-13-21-19/h1-13,20H. The van der Waals surface area contributed by atoms with Crippen molar-refractivity contribution in [2.75, 3.05) is 0 Å². The van der Waals surface area contributed by atoms with Crippen LogP contribution in [0.1, 0.15) is 0 Å². The molecule has 3 nitrogen and oxygen atoms in total. The summed E-state index contributed by atoms with van der Waals surface area (Å²) in [5, 5.41) is 1.14. The summed E-state index contributed by atoms with van der Waals surface area (Å²) in [6, 6.07) is 21.8. The molecule has 0 aliphatic heterocycles. The van der Waals surface area contributed by atoms with Gasteiger partial charge in [-0.15, -0.1) is 0 Å². The Bertz CT molecular complexity index is 913. The molecule has 106 valence electrons. The summed E-state index contributed by atoms with van der Waals surface area (Å²) in [6.07, 6.45) is 3.75. The SMILES string of the molecule is c1ccc(Oc2ccccc2-c2nccc3cc[nH]c23)cc1. The van der Waals surface area contributed by atoms with Gasteiger partial charge < -0.3 is 9.72 Å². The molecular formula is C19H14N2O. The molecule has 3 heteroatoms. The first-order valence-corrected chi connectivity index (χ1v) is 7.16. The Kier molecular flexibility index (Phi) is 3.09. The molecule has 4 rings (SSSR count). The fraction of sp³-hybridized carbons (Fsp3) is 0. The van der Waals surface area contributed by atoms with Crippen LogP contribution in [0.4, 0.5) is 0 Å². The summed E-state index contributed by atoms with van der Waals surface area (Å²) in [6.45, 7) is 0. The fourth-order valence-corrected chi connectivity index (χ4v) is 2.55. The molecule has 1 N–H and O–H groups in total. The number of H-pyrrole nitrogens is 1. The number of nitrogens with one attached hydrogen (secondary N) is 1. The van der Waals surface area contributed by atoms with Crippen LogP contribution in [0, 0.1) is 0 Å². The molecule has 2 aromatic carbocycles. The number of fused-ring (bicyclic) bond motifs is 1. The molecular weight excluding hydrogens is 272 g/mol. The van der Waals surface area contributed by atoms with Crippen molar-refractivity contribution in [3.05, 3.63) is 79.1 Å². The third kappa shape index (κ3) is 2.23. The van der Waals surface area contributed by atoms with Gasteiger partial charge in [0.25, 0.3) is 0 Å². The van der Waals surface area contributed by atoms with E-state index in [1.807, 2.05) is 79.1 Å². The average Bonchev–Trinajstić information content (AvgIpc) is 3.05. The van der Waals surface area contributed by atoms with Crippen LogP contribution < -0.4 is 4.74 Å². The zero-order valence-electron chi connectivity index (χ0n) is 11.9. The van der Waals surface area contributed by atoms with Gasteiger partial charge in [0.1, 0.15) is 11.5 Å². The number of aromatic amines is 1. The Labute approximate surface area is 128 Å². The van der Waals surface area contributed by atoms with E-state index in [1.54, 1.807) is 0 Å². The minimum atomic E-state index is 0.795. The maximum Gasteiger partial charge on any atom is 0.136 e. The molecule has 0 aliphatic rings. The number of nitrogens with zero attached hydrogens (tertiary/aromatic N) is 1. The molecule has 0 unspecified atom stereocenters. The predicted octanol–water partition coefficient (Wildman–Crippen LogP) is 5.02. The maximum atomic E-state index is 6.04. The number of aromatic nitrogens is 2. The molecule has 0 fully saturated rings. The number of pyridine rings is 1. The van der Waals surface area contributed by atoms with Crippen LogP contribution in [-0.4, -0.2) is 9.97 Å². The van der Waals surface area contributed by atoms with E-state index in [-0.39, 0.29) is 0 Å². The third-order valence-electron chi connectivity index (χ3n) is 3.59. The van der Waals surface area contributed by atoms with Gasteiger partial charge in [-0.25, -0.2) is 0 Å². The second-order valence-electron chi connectivity index (χ2n) is 5.01. The van der Waals surface area contributed by atoms with E-state index in [1.165, 1.54) is 0 Å². The van der Waals surface area contributed by atoms with Crippen molar-refractivity contribution in [3.63, 3.8) is 0 Å². The number of para-hydroxylation sites is 2. The minimum absolute atomic E-state index is 0.795. The lowest BCUT2D eigenvalue weighted by Crippen LogP contribution is -1.91. The van der Waals surface area contributed by atoms with Crippen LogP contribution in [0.15, 0.2) is 79.1 Å². The number of benzene rings is 2. The Morgan fingerprint density at radius 1 is 0.818 bits per heavy atom. The summed E-state index contributed by atoms with van der Waals surface area (Å²) in [5.41, 5.74) is 2.89. The van der Waals surface area contributed by atoms with Crippen LogP contribution >= 0.6 is 0 Å². The quantitative estimate of drug-likeness (QED) is 0.574. The maximum absolute atomic E-state index is 6.04. The number of ether oxygens (including phenoxy) is 1. The van der Waals surface area contributed by atoms with Gasteiger partial charge in [-0.1, -0.05) is 30.3 Å². The highest BCUT2D eigenvalue weighted by atomic mass is 16.5. The van der Waals surface area contributed by atoms with E-state index >= 15 is 0 Å². The van der Waals surface area contributed by atoms with E-state index in [9.17, 15) is 0 Å². The first kappa shape index (κ1) is 12.7. The predicted molar refractivity (Wildman–Crippen MR) is 88.0 cm³/mol. The van der Waals surface area contributed by atoms with Crippen molar-refractivity contribution in [1.82, 2.24) is 9.97 Å². The molecule has 0 amide bonds. The van der Waals surface area contributed by atoms with Crippen molar-refractivity contribution >= 4 is 10.9 Å². The van der Waals surface area contributed by atoms with E-state index in [4.69, 9.17) is 4.74 Å². The Balaban J connectivity index is 1.84. The highest BCUT2D eigenvalue weighted by Gasteiger charge is 2.12. The second-order valence-corrected chi connectivity index (χ2v) is 5.01. The van der Waals surface area contributed by atoms with Crippen LogP contribution in [0.3, 0.4) is 0 Å². The number of rotatable bonds is 3. The summed E-state index contributed by atoms with van der Waals surface area (Å²) in [4.78, 5) is 7.80. The van der Waals surface area contributed by atoms with Gasteiger partial charge in [0, 0.05) is 23.3 Å². The summed E-state index contributed by atoms with van der Waals surface area (Å²) >= 11 is 0. The van der Waals surface area contributed by atoms with Gasteiger partial charge >= 0.3 is 0 Å². The summed E-state index contributed by atoms with van der Waals surface area (Å²) in [5.74, 6) is 1.61. The topological polar surface area (TPSA) is 37.9 Å². The van der Waals surface area contributed by atoms with Crippen molar-refractivity contribution < 1.29 is 4.74 Å². The highest BCUT2D eigenvalue weighted by Crippen LogP contribution is 2.35. The molecule has 0 spiro atoms. The third-order valence-corrected chi connectivity index (χ3v) is 3.59. The zero-order valence-corrected chi connectivity index (χ0v) is 11.9. The summed E-state index contributed by atoms with van der Waals surface area (Å²) < 4.78 is 6.04. The Morgan fingerprint density at radius 3 is 2.55 bits per heavy atom.